The minimum atomic E-state index is -0.488. The topological polar surface area (TPSA) is 95.4 Å². The Morgan fingerprint density at radius 2 is 2.05 bits per heavy atom. The summed E-state index contributed by atoms with van der Waals surface area (Å²) in [7, 11) is 0. The maximum atomic E-state index is 11.9. The first-order chi connectivity index (χ1) is 9.67. The molecule has 0 atom stereocenters. The zero-order valence-corrected chi connectivity index (χ0v) is 11.2. The maximum Gasteiger partial charge on any atom is 0.325 e. The minimum absolute atomic E-state index is 0.164. The molecule has 0 aliphatic heterocycles. The van der Waals surface area contributed by atoms with E-state index in [0.29, 0.717) is 0 Å². The molecule has 0 spiro atoms. The first-order valence-electron chi connectivity index (χ1n) is 6.15. The molecule has 0 aromatic heterocycles. The molecule has 0 saturated carbocycles. The smallest absolute Gasteiger partial charge is 0.325 e. The number of carbonyl (C=O) groups is 2. The molecule has 0 heterocycles. The molecule has 0 saturated heterocycles. The van der Waals surface area contributed by atoms with Crippen molar-refractivity contribution in [2.45, 2.75) is 13.5 Å². The Kier molecular flexibility index (Phi) is 6.64. The Labute approximate surface area is 116 Å². The van der Waals surface area contributed by atoms with Gasteiger partial charge in [0.25, 0.3) is 0 Å². The van der Waals surface area contributed by atoms with E-state index in [-0.39, 0.29) is 26.2 Å². The number of rotatable bonds is 7. The Balaban J connectivity index is 2.75. The lowest BCUT2D eigenvalue weighted by Gasteiger charge is -2.21. The van der Waals surface area contributed by atoms with E-state index in [1.807, 2.05) is 30.3 Å². The number of ether oxygens (including phenoxy) is 1. The fourth-order valence-corrected chi connectivity index (χ4v) is 1.59. The molecule has 7 heteroatoms. The molecule has 0 bridgehead atoms. The van der Waals surface area contributed by atoms with Gasteiger partial charge < -0.3 is 9.64 Å². The Hall–Kier alpha value is -2.53. The van der Waals surface area contributed by atoms with Gasteiger partial charge in [-0.25, -0.2) is 0 Å². The van der Waals surface area contributed by atoms with Crippen molar-refractivity contribution in [1.29, 1.82) is 0 Å². The van der Waals surface area contributed by atoms with Gasteiger partial charge in [-0.05, 0) is 18.0 Å². The van der Waals surface area contributed by atoms with E-state index in [1.165, 1.54) is 4.90 Å². The first-order valence-corrected chi connectivity index (χ1v) is 6.15. The molecule has 0 fully saturated rings. The Morgan fingerprint density at radius 1 is 1.35 bits per heavy atom. The summed E-state index contributed by atoms with van der Waals surface area (Å²) in [6.07, 6.45) is 0. The second-order valence-electron chi connectivity index (χ2n) is 3.93. The van der Waals surface area contributed by atoms with Gasteiger partial charge in [0.2, 0.25) is 5.91 Å². The molecule has 0 N–H and O–H groups in total. The molecule has 1 rings (SSSR count). The quantitative estimate of drug-likeness (QED) is 0.329. The average Bonchev–Trinajstić information content (AvgIpc) is 2.45. The van der Waals surface area contributed by atoms with Crippen LogP contribution in [-0.2, 0) is 20.9 Å². The predicted octanol–water partition coefficient (Wildman–Crippen LogP) is 1.89. The summed E-state index contributed by atoms with van der Waals surface area (Å²) >= 11 is 0. The molecule has 106 valence electrons. The number of hydrogen-bond donors (Lipinski definition) is 0. The van der Waals surface area contributed by atoms with Crippen LogP contribution in [0.25, 0.3) is 10.4 Å². The summed E-state index contributed by atoms with van der Waals surface area (Å²) < 4.78 is 4.83. The highest BCUT2D eigenvalue weighted by molar-refractivity contribution is 5.83. The molecule has 1 aromatic carbocycles. The van der Waals surface area contributed by atoms with Crippen molar-refractivity contribution in [3.05, 3.63) is 46.3 Å². The third kappa shape index (κ3) is 5.41. The lowest BCUT2D eigenvalue weighted by molar-refractivity contribution is -0.148. The summed E-state index contributed by atoms with van der Waals surface area (Å²) in [6.45, 7) is 1.73. The number of carbonyl (C=O) groups excluding carboxylic acids is 2. The highest BCUT2D eigenvalue weighted by atomic mass is 16.5. The molecule has 0 unspecified atom stereocenters. The van der Waals surface area contributed by atoms with Crippen molar-refractivity contribution in [2.75, 3.05) is 19.7 Å². The van der Waals surface area contributed by atoms with Gasteiger partial charge in [0.15, 0.2) is 0 Å². The van der Waals surface area contributed by atoms with Gasteiger partial charge in [0.1, 0.15) is 13.1 Å². The monoisotopic (exact) mass is 276 g/mol. The standard InChI is InChI=1S/C13H16N4O3/c1-2-20-13(19)10-17(12(18)8-15-16-14)9-11-6-4-3-5-7-11/h3-7H,2,8-10H2,1H3. The molecule has 1 aromatic rings. The minimum Gasteiger partial charge on any atom is -0.465 e. The Morgan fingerprint density at radius 3 is 2.65 bits per heavy atom. The van der Waals surface area contributed by atoms with E-state index < -0.39 is 11.9 Å². The van der Waals surface area contributed by atoms with Crippen LogP contribution in [-0.4, -0.2) is 36.5 Å². The van der Waals surface area contributed by atoms with Crippen molar-refractivity contribution >= 4 is 11.9 Å². The second-order valence-corrected chi connectivity index (χ2v) is 3.93. The molecular weight excluding hydrogens is 260 g/mol. The third-order valence-corrected chi connectivity index (χ3v) is 2.46. The maximum absolute atomic E-state index is 11.9. The zero-order valence-electron chi connectivity index (χ0n) is 11.2. The number of benzene rings is 1. The van der Waals surface area contributed by atoms with Crippen molar-refractivity contribution in [3.8, 4) is 0 Å². The van der Waals surface area contributed by atoms with Crippen LogP contribution in [0, 0.1) is 0 Å². The highest BCUT2D eigenvalue weighted by Gasteiger charge is 2.17. The van der Waals surface area contributed by atoms with Crippen LogP contribution in [0.2, 0.25) is 0 Å². The summed E-state index contributed by atoms with van der Waals surface area (Å²) in [4.78, 5) is 27.3. The molecule has 7 nitrogen and oxygen atoms in total. The fraction of sp³-hybridized carbons (Fsp3) is 0.385. The lowest BCUT2D eigenvalue weighted by atomic mass is 10.2. The molecular formula is C13H16N4O3. The summed E-state index contributed by atoms with van der Waals surface area (Å²) in [6, 6.07) is 9.24. The molecule has 20 heavy (non-hydrogen) atoms. The van der Waals surface area contributed by atoms with Gasteiger partial charge >= 0.3 is 5.97 Å². The first kappa shape index (κ1) is 15.5. The van der Waals surface area contributed by atoms with Gasteiger partial charge in [-0.3, -0.25) is 9.59 Å². The number of nitrogens with zero attached hydrogens (tertiary/aromatic N) is 4. The van der Waals surface area contributed by atoms with Crippen LogP contribution < -0.4 is 0 Å². The van der Waals surface area contributed by atoms with Crippen LogP contribution in [0.3, 0.4) is 0 Å². The average molecular weight is 276 g/mol. The molecule has 0 aliphatic carbocycles. The van der Waals surface area contributed by atoms with Crippen LogP contribution in [0.15, 0.2) is 35.4 Å². The van der Waals surface area contributed by atoms with Crippen molar-refractivity contribution in [3.63, 3.8) is 0 Å². The van der Waals surface area contributed by atoms with Crippen molar-refractivity contribution in [2.24, 2.45) is 5.11 Å². The van der Waals surface area contributed by atoms with E-state index in [1.54, 1.807) is 6.92 Å². The van der Waals surface area contributed by atoms with E-state index in [2.05, 4.69) is 10.0 Å². The summed E-state index contributed by atoms with van der Waals surface area (Å²) in [5.41, 5.74) is 9.13. The van der Waals surface area contributed by atoms with Gasteiger partial charge in [0, 0.05) is 11.5 Å². The summed E-state index contributed by atoms with van der Waals surface area (Å²) in [5.74, 6) is -0.905. The van der Waals surface area contributed by atoms with Gasteiger partial charge in [0.05, 0.1) is 6.61 Å². The molecule has 0 aliphatic rings. The van der Waals surface area contributed by atoms with E-state index >= 15 is 0 Å². The van der Waals surface area contributed by atoms with Crippen LogP contribution in [0.4, 0.5) is 0 Å². The van der Waals surface area contributed by atoms with E-state index in [4.69, 9.17) is 10.3 Å². The largest absolute Gasteiger partial charge is 0.465 e. The SMILES string of the molecule is CCOC(=O)CN(Cc1ccccc1)C(=O)CN=[N+]=[N-]. The number of azide groups is 1. The Bertz CT molecular complexity index is 498. The van der Waals surface area contributed by atoms with Crippen LogP contribution in [0.1, 0.15) is 12.5 Å². The molecule has 1 amide bonds. The van der Waals surface area contributed by atoms with Crippen LogP contribution in [0.5, 0.6) is 0 Å². The lowest BCUT2D eigenvalue weighted by Crippen LogP contribution is -2.37. The highest BCUT2D eigenvalue weighted by Crippen LogP contribution is 2.05. The van der Waals surface area contributed by atoms with Crippen molar-refractivity contribution < 1.29 is 14.3 Å². The van der Waals surface area contributed by atoms with Gasteiger partial charge in [-0.1, -0.05) is 35.4 Å². The zero-order chi connectivity index (χ0) is 14.8. The molecule has 0 radical (unpaired) electrons. The van der Waals surface area contributed by atoms with Crippen LogP contribution >= 0.6 is 0 Å². The number of hydrogen-bond acceptors (Lipinski definition) is 4. The van der Waals surface area contributed by atoms with E-state index in [9.17, 15) is 9.59 Å². The normalized spacial score (nSPS) is 9.45. The number of amides is 1. The second kappa shape index (κ2) is 8.55. The fourth-order valence-electron chi connectivity index (χ4n) is 1.59. The van der Waals surface area contributed by atoms with Crippen molar-refractivity contribution in [1.82, 2.24) is 4.90 Å². The summed E-state index contributed by atoms with van der Waals surface area (Å²) in [5, 5.41) is 3.22. The number of esters is 1. The van der Waals surface area contributed by atoms with E-state index in [0.717, 1.165) is 5.56 Å². The third-order valence-electron chi connectivity index (χ3n) is 2.46. The predicted molar refractivity (Wildman–Crippen MR) is 72.5 cm³/mol. The van der Waals surface area contributed by atoms with Gasteiger partial charge in [-0.2, -0.15) is 0 Å². The van der Waals surface area contributed by atoms with Gasteiger partial charge in [-0.15, -0.1) is 0 Å².